The highest BCUT2D eigenvalue weighted by molar-refractivity contribution is 6.15. The van der Waals surface area contributed by atoms with Gasteiger partial charge in [-0.15, -0.1) is 0 Å². The molecule has 4 nitrogen and oxygen atoms in total. The molecule has 0 N–H and O–H groups in total. The van der Waals surface area contributed by atoms with Crippen molar-refractivity contribution in [1.29, 1.82) is 0 Å². The predicted octanol–water partition coefficient (Wildman–Crippen LogP) is 6.42. The Morgan fingerprint density at radius 2 is 1.75 bits per heavy atom. The molecule has 1 aliphatic heterocycles. The number of pyridine rings is 1. The van der Waals surface area contributed by atoms with Gasteiger partial charge in [0.2, 0.25) is 5.78 Å². The molecule has 1 aliphatic rings. The first kappa shape index (κ1) is 18.5. The number of nitrogens with zero attached hydrogens (tertiary/aromatic N) is 1. The van der Waals surface area contributed by atoms with Crippen LogP contribution in [0.15, 0.2) is 89.5 Å². The lowest BCUT2D eigenvalue weighted by atomic mass is 9.95. The molecule has 0 saturated carbocycles. The van der Waals surface area contributed by atoms with E-state index < -0.39 is 5.82 Å². The van der Waals surface area contributed by atoms with Crippen LogP contribution in [0.3, 0.4) is 0 Å². The Kier molecular flexibility index (Phi) is 4.15. The lowest BCUT2D eigenvalue weighted by Crippen LogP contribution is -2.07. The molecule has 2 aromatic heterocycles. The zero-order valence-corrected chi connectivity index (χ0v) is 16.8. The predicted molar refractivity (Wildman–Crippen MR) is 119 cm³/mol. The summed E-state index contributed by atoms with van der Waals surface area (Å²) in [5.74, 6) is 0.282. The lowest BCUT2D eigenvalue weighted by molar-refractivity contribution is 0.101. The molecule has 3 heterocycles. The molecule has 0 spiro atoms. The number of ether oxygens (including phenoxy) is 1. The summed E-state index contributed by atoms with van der Waals surface area (Å²) >= 11 is 0. The summed E-state index contributed by atoms with van der Waals surface area (Å²) in [6.07, 6.45) is 1.71. The minimum atomic E-state index is -0.401. The normalized spacial score (nSPS) is 12.2. The van der Waals surface area contributed by atoms with Gasteiger partial charge in [0.1, 0.15) is 23.8 Å². The van der Waals surface area contributed by atoms with E-state index in [1.54, 1.807) is 36.5 Å². The zero-order chi connectivity index (χ0) is 21.7. The molecule has 0 radical (unpaired) electrons. The van der Waals surface area contributed by atoms with Crippen LogP contribution in [0.5, 0.6) is 5.75 Å². The number of carbonyl (C=O) groups excluding carboxylic acids is 1. The van der Waals surface area contributed by atoms with Gasteiger partial charge in [-0.1, -0.05) is 42.5 Å². The Morgan fingerprint density at radius 1 is 0.938 bits per heavy atom. The van der Waals surface area contributed by atoms with E-state index in [0.29, 0.717) is 34.3 Å². The fourth-order valence-corrected chi connectivity index (χ4v) is 4.18. The van der Waals surface area contributed by atoms with E-state index in [-0.39, 0.29) is 11.5 Å². The Balaban J connectivity index is 1.57. The van der Waals surface area contributed by atoms with Crippen LogP contribution < -0.4 is 4.74 Å². The van der Waals surface area contributed by atoms with Gasteiger partial charge in [0.15, 0.2) is 5.76 Å². The number of para-hydroxylation sites is 1. The van der Waals surface area contributed by atoms with E-state index in [1.807, 2.05) is 36.4 Å². The van der Waals surface area contributed by atoms with Crippen molar-refractivity contribution in [2.24, 2.45) is 0 Å². The first-order valence-electron chi connectivity index (χ1n) is 10.2. The minimum absolute atomic E-state index is 0.163. The summed E-state index contributed by atoms with van der Waals surface area (Å²) in [6.45, 7) is 0.360. The van der Waals surface area contributed by atoms with Gasteiger partial charge in [-0.2, -0.15) is 0 Å². The molecule has 6 rings (SSSR count). The third-order valence-corrected chi connectivity index (χ3v) is 5.67. The van der Waals surface area contributed by atoms with E-state index in [1.165, 1.54) is 12.1 Å². The average molecular weight is 421 g/mol. The monoisotopic (exact) mass is 421 g/mol. The van der Waals surface area contributed by atoms with Gasteiger partial charge in [0, 0.05) is 39.4 Å². The van der Waals surface area contributed by atoms with E-state index in [4.69, 9.17) is 14.1 Å². The average Bonchev–Trinajstić information content (AvgIpc) is 3.22. The van der Waals surface area contributed by atoms with Gasteiger partial charge in [0.25, 0.3) is 0 Å². The van der Waals surface area contributed by atoms with Crippen molar-refractivity contribution in [1.82, 2.24) is 4.98 Å². The smallest absolute Gasteiger partial charge is 0.228 e. The van der Waals surface area contributed by atoms with Gasteiger partial charge < -0.3 is 9.15 Å². The molecule has 5 heteroatoms. The number of carbonyl (C=O) groups is 1. The Morgan fingerprint density at radius 3 is 2.62 bits per heavy atom. The Hall–Kier alpha value is -4.25. The van der Waals surface area contributed by atoms with Gasteiger partial charge in [-0.25, -0.2) is 4.39 Å². The molecule has 0 fully saturated rings. The van der Waals surface area contributed by atoms with E-state index in [9.17, 15) is 9.18 Å². The SMILES string of the molecule is O=C(c1ccccc1)c1oc2ccc(F)cc2c1-c1cnc2c(c1)COc1ccccc1-2. The van der Waals surface area contributed by atoms with E-state index >= 15 is 0 Å². The number of hydrogen-bond acceptors (Lipinski definition) is 4. The van der Waals surface area contributed by atoms with E-state index in [0.717, 1.165) is 22.6 Å². The molecule has 154 valence electrons. The first-order valence-corrected chi connectivity index (χ1v) is 10.2. The van der Waals surface area contributed by atoms with Crippen LogP contribution in [0, 0.1) is 5.82 Å². The summed E-state index contributed by atoms with van der Waals surface area (Å²) in [5, 5.41) is 0.531. The summed E-state index contributed by atoms with van der Waals surface area (Å²) < 4.78 is 26.0. The second-order valence-corrected chi connectivity index (χ2v) is 7.66. The molecular formula is C27H16FNO3. The maximum Gasteiger partial charge on any atom is 0.228 e. The maximum atomic E-state index is 14.1. The summed E-state index contributed by atoms with van der Waals surface area (Å²) in [5.41, 5.74) is 4.80. The topological polar surface area (TPSA) is 52.3 Å². The van der Waals surface area contributed by atoms with Crippen molar-refractivity contribution >= 4 is 16.8 Å². The fraction of sp³-hybridized carbons (Fsp3) is 0.0370. The van der Waals surface area contributed by atoms with Crippen LogP contribution in [0.2, 0.25) is 0 Å². The molecule has 32 heavy (non-hydrogen) atoms. The van der Waals surface area contributed by atoms with Crippen molar-refractivity contribution in [3.8, 4) is 28.1 Å². The third kappa shape index (κ3) is 2.90. The highest BCUT2D eigenvalue weighted by Crippen LogP contribution is 2.40. The van der Waals surface area contributed by atoms with Gasteiger partial charge in [0.05, 0.1) is 5.69 Å². The van der Waals surface area contributed by atoms with Crippen molar-refractivity contribution in [3.05, 3.63) is 108 Å². The molecule has 5 aromatic rings. The molecular weight excluding hydrogens is 405 g/mol. The highest BCUT2D eigenvalue weighted by atomic mass is 19.1. The fourth-order valence-electron chi connectivity index (χ4n) is 4.18. The molecule has 0 unspecified atom stereocenters. The molecule has 0 bridgehead atoms. The number of fused-ring (bicyclic) bond motifs is 4. The first-order chi connectivity index (χ1) is 15.7. The van der Waals surface area contributed by atoms with Crippen LogP contribution in [-0.4, -0.2) is 10.8 Å². The number of aromatic nitrogens is 1. The van der Waals surface area contributed by atoms with Crippen LogP contribution in [0.1, 0.15) is 21.7 Å². The lowest BCUT2D eigenvalue weighted by Gasteiger charge is -2.20. The Bertz CT molecular complexity index is 1500. The number of furan rings is 1. The quantitative estimate of drug-likeness (QED) is 0.315. The van der Waals surface area contributed by atoms with Crippen LogP contribution in [0.25, 0.3) is 33.4 Å². The highest BCUT2D eigenvalue weighted by Gasteiger charge is 2.26. The second-order valence-electron chi connectivity index (χ2n) is 7.66. The van der Waals surface area contributed by atoms with Crippen molar-refractivity contribution in [2.45, 2.75) is 6.61 Å². The van der Waals surface area contributed by atoms with Gasteiger partial charge in [-0.3, -0.25) is 9.78 Å². The number of rotatable bonds is 3. The third-order valence-electron chi connectivity index (χ3n) is 5.67. The van der Waals surface area contributed by atoms with Crippen LogP contribution in [0.4, 0.5) is 4.39 Å². The summed E-state index contributed by atoms with van der Waals surface area (Å²) in [4.78, 5) is 18.0. The van der Waals surface area contributed by atoms with Crippen molar-refractivity contribution in [3.63, 3.8) is 0 Å². The number of ketones is 1. The largest absolute Gasteiger partial charge is 0.488 e. The molecule has 0 aliphatic carbocycles. The Labute approximate surface area is 182 Å². The molecule has 0 amide bonds. The van der Waals surface area contributed by atoms with Crippen LogP contribution in [-0.2, 0) is 6.61 Å². The summed E-state index contributed by atoms with van der Waals surface area (Å²) in [6, 6.07) is 22.8. The molecule has 3 aromatic carbocycles. The number of hydrogen-bond donors (Lipinski definition) is 0. The summed E-state index contributed by atoms with van der Waals surface area (Å²) in [7, 11) is 0. The number of halogens is 1. The minimum Gasteiger partial charge on any atom is -0.488 e. The van der Waals surface area contributed by atoms with Crippen molar-refractivity contribution < 1.29 is 18.3 Å². The second kappa shape index (κ2) is 7.17. The standard InChI is InChI=1S/C27H16FNO3/c28-19-10-11-23-21(13-19)24(27(32-23)26(30)16-6-2-1-3-7-16)17-12-18-15-31-22-9-5-4-8-20(22)25(18)29-14-17/h1-14H,15H2. The molecule has 0 saturated heterocycles. The number of benzene rings is 3. The zero-order valence-electron chi connectivity index (χ0n) is 16.8. The maximum absolute atomic E-state index is 14.1. The molecule has 0 atom stereocenters. The van der Waals surface area contributed by atoms with Gasteiger partial charge in [-0.05, 0) is 36.4 Å². The van der Waals surface area contributed by atoms with Crippen LogP contribution >= 0.6 is 0 Å². The van der Waals surface area contributed by atoms with Gasteiger partial charge >= 0.3 is 0 Å². The van der Waals surface area contributed by atoms with E-state index in [2.05, 4.69) is 0 Å². The van der Waals surface area contributed by atoms with Crippen molar-refractivity contribution in [2.75, 3.05) is 0 Å².